The summed E-state index contributed by atoms with van der Waals surface area (Å²) >= 11 is 0. The van der Waals surface area contributed by atoms with E-state index in [9.17, 15) is 0 Å². The molecule has 0 aliphatic carbocycles. The lowest BCUT2D eigenvalue weighted by molar-refractivity contribution is 1.22. The van der Waals surface area contributed by atoms with Crippen LogP contribution in [0.1, 0.15) is 55.6 Å². The minimum Gasteiger partial charge on any atom is -0.310 e. The van der Waals surface area contributed by atoms with Crippen LogP contribution in [0, 0.1) is 41.5 Å². The van der Waals surface area contributed by atoms with Crippen LogP contribution >= 0.6 is 0 Å². The van der Waals surface area contributed by atoms with Crippen LogP contribution in [0.25, 0.3) is 35.4 Å². The number of nitrogens with zero attached hydrogens (tertiary/aromatic N) is 2. The first-order valence-electron chi connectivity index (χ1n) is 20.8. The third-order valence-electron chi connectivity index (χ3n) is 11.5. The number of hydrogen-bond acceptors (Lipinski definition) is 2. The second-order valence-corrected chi connectivity index (χ2v) is 15.9. The van der Waals surface area contributed by atoms with Crippen molar-refractivity contribution in [2.24, 2.45) is 0 Å². The minimum absolute atomic E-state index is 1.12. The second-order valence-electron chi connectivity index (χ2n) is 15.9. The maximum absolute atomic E-state index is 2.38. The lowest BCUT2D eigenvalue weighted by atomic mass is 9.98. The van der Waals surface area contributed by atoms with Crippen molar-refractivity contribution < 1.29 is 0 Å². The van der Waals surface area contributed by atoms with Gasteiger partial charge >= 0.3 is 0 Å². The fraction of sp³-hybridized carbons (Fsp3) is 0.103. The van der Waals surface area contributed by atoms with Crippen molar-refractivity contribution >= 4 is 58.4 Å². The largest absolute Gasteiger partial charge is 0.310 e. The molecule has 0 aromatic heterocycles. The van der Waals surface area contributed by atoms with Gasteiger partial charge in [-0.25, -0.2) is 0 Å². The summed E-state index contributed by atoms with van der Waals surface area (Å²) in [6, 6.07) is 65.9. The first-order chi connectivity index (χ1) is 29.2. The standard InChI is InChI=1S/C58H52N2/c1-41-17-29-55(39-43(41)3)59(53-31-23-49(24-32-53)21-19-47-13-9-7-10-14-47)57-35-27-51(37-45(57)5)52-28-36-58(46(6)38-52)60(56-30-18-42(2)44(4)40-56)54-33-25-50(26-34-54)22-20-48-15-11-8-12-16-48/h7-40H,1-6H3. The summed E-state index contributed by atoms with van der Waals surface area (Å²) in [5, 5.41) is 0. The van der Waals surface area contributed by atoms with Gasteiger partial charge in [-0.3, -0.25) is 0 Å². The Bertz CT molecular complexity index is 2600. The molecule has 0 radical (unpaired) electrons. The van der Waals surface area contributed by atoms with E-state index in [1.54, 1.807) is 0 Å². The van der Waals surface area contributed by atoms with Gasteiger partial charge in [-0.2, -0.15) is 0 Å². The lowest BCUT2D eigenvalue weighted by Crippen LogP contribution is -2.12. The molecule has 0 aliphatic rings. The van der Waals surface area contributed by atoms with Gasteiger partial charge in [0, 0.05) is 34.1 Å². The summed E-state index contributed by atoms with van der Waals surface area (Å²) in [5.74, 6) is 0. The Morgan fingerprint density at radius 2 is 0.600 bits per heavy atom. The first kappa shape index (κ1) is 39.7. The van der Waals surface area contributed by atoms with E-state index in [0.29, 0.717) is 0 Å². The zero-order valence-electron chi connectivity index (χ0n) is 35.5. The van der Waals surface area contributed by atoms with E-state index in [4.69, 9.17) is 0 Å². The van der Waals surface area contributed by atoms with E-state index in [-0.39, 0.29) is 0 Å². The molecule has 0 N–H and O–H groups in total. The Balaban J connectivity index is 1.11. The topological polar surface area (TPSA) is 6.48 Å². The summed E-state index contributed by atoms with van der Waals surface area (Å²) in [7, 11) is 0. The van der Waals surface area contributed by atoms with Crippen LogP contribution in [-0.4, -0.2) is 0 Å². The predicted octanol–water partition coefficient (Wildman–Crippen LogP) is 16.5. The van der Waals surface area contributed by atoms with Crippen molar-refractivity contribution in [3.05, 3.63) is 238 Å². The average molecular weight is 777 g/mol. The Morgan fingerprint density at radius 3 is 0.933 bits per heavy atom. The van der Waals surface area contributed by atoms with Gasteiger partial charge in [-0.05, 0) is 181 Å². The molecule has 8 rings (SSSR count). The van der Waals surface area contributed by atoms with Crippen molar-refractivity contribution in [1.29, 1.82) is 0 Å². The highest BCUT2D eigenvalue weighted by Gasteiger charge is 2.19. The second kappa shape index (κ2) is 17.8. The minimum atomic E-state index is 1.12. The number of aryl methyl sites for hydroxylation is 6. The highest BCUT2D eigenvalue weighted by atomic mass is 15.1. The van der Waals surface area contributed by atoms with Crippen LogP contribution < -0.4 is 9.80 Å². The molecule has 0 heterocycles. The van der Waals surface area contributed by atoms with Crippen LogP contribution in [0.3, 0.4) is 0 Å². The molecule has 0 spiro atoms. The van der Waals surface area contributed by atoms with Gasteiger partial charge in [-0.15, -0.1) is 0 Å². The molecule has 0 aliphatic heterocycles. The molecular formula is C58H52N2. The van der Waals surface area contributed by atoms with Crippen LogP contribution in [0.5, 0.6) is 0 Å². The van der Waals surface area contributed by atoms with E-state index in [1.165, 1.54) is 55.6 Å². The van der Waals surface area contributed by atoms with Crippen LogP contribution in [0.4, 0.5) is 34.1 Å². The van der Waals surface area contributed by atoms with Crippen molar-refractivity contribution in [3.8, 4) is 11.1 Å². The van der Waals surface area contributed by atoms with Crippen molar-refractivity contribution in [1.82, 2.24) is 0 Å². The summed E-state index contributed by atoms with van der Waals surface area (Å²) in [4.78, 5) is 4.77. The van der Waals surface area contributed by atoms with Gasteiger partial charge < -0.3 is 9.80 Å². The Hall–Kier alpha value is -7.16. The molecule has 294 valence electrons. The van der Waals surface area contributed by atoms with Crippen molar-refractivity contribution in [3.63, 3.8) is 0 Å². The SMILES string of the molecule is Cc1ccc(N(c2ccc(C=Cc3ccccc3)cc2)c2ccc(-c3ccc(N(c4ccc(C=Cc5ccccc5)cc4)c4ccc(C)c(C)c4)c(C)c3)cc2C)cc1C. The number of benzene rings is 8. The van der Waals surface area contributed by atoms with Crippen LogP contribution in [-0.2, 0) is 0 Å². The fourth-order valence-electron chi connectivity index (χ4n) is 7.74. The Kier molecular flexibility index (Phi) is 11.7. The predicted molar refractivity (Wildman–Crippen MR) is 260 cm³/mol. The Labute approximate surface area is 357 Å². The Morgan fingerprint density at radius 1 is 0.267 bits per heavy atom. The maximum Gasteiger partial charge on any atom is 0.0491 e. The lowest BCUT2D eigenvalue weighted by Gasteiger charge is -2.29. The maximum atomic E-state index is 2.38. The van der Waals surface area contributed by atoms with E-state index < -0.39 is 0 Å². The number of anilines is 6. The van der Waals surface area contributed by atoms with Gasteiger partial charge in [0.05, 0.1) is 0 Å². The third-order valence-corrected chi connectivity index (χ3v) is 11.5. The van der Waals surface area contributed by atoms with Gasteiger partial charge in [0.15, 0.2) is 0 Å². The quantitative estimate of drug-likeness (QED) is 0.121. The van der Waals surface area contributed by atoms with E-state index in [2.05, 4.69) is 246 Å². The molecule has 0 fully saturated rings. The van der Waals surface area contributed by atoms with Gasteiger partial charge in [0.2, 0.25) is 0 Å². The molecule has 0 saturated carbocycles. The van der Waals surface area contributed by atoms with Gasteiger partial charge in [-0.1, -0.05) is 133 Å². The smallest absolute Gasteiger partial charge is 0.0491 e. The normalized spacial score (nSPS) is 11.4. The number of rotatable bonds is 11. The summed E-state index contributed by atoms with van der Waals surface area (Å²) in [6.07, 6.45) is 8.68. The highest BCUT2D eigenvalue weighted by Crippen LogP contribution is 2.41. The highest BCUT2D eigenvalue weighted by molar-refractivity contribution is 5.84. The van der Waals surface area contributed by atoms with Gasteiger partial charge in [0.25, 0.3) is 0 Å². The van der Waals surface area contributed by atoms with Crippen LogP contribution in [0.2, 0.25) is 0 Å². The zero-order chi connectivity index (χ0) is 41.6. The van der Waals surface area contributed by atoms with Crippen molar-refractivity contribution in [2.45, 2.75) is 41.5 Å². The van der Waals surface area contributed by atoms with Crippen LogP contribution in [0.15, 0.2) is 182 Å². The van der Waals surface area contributed by atoms with E-state index >= 15 is 0 Å². The third kappa shape index (κ3) is 8.94. The van der Waals surface area contributed by atoms with E-state index in [0.717, 1.165) is 45.3 Å². The molecule has 8 aromatic rings. The molecule has 8 aromatic carbocycles. The van der Waals surface area contributed by atoms with E-state index in [1.807, 2.05) is 12.1 Å². The summed E-state index contributed by atoms with van der Waals surface area (Å²) in [6.45, 7) is 13.2. The summed E-state index contributed by atoms with van der Waals surface area (Å²) in [5.41, 5.74) is 21.5. The molecule has 2 heteroatoms. The van der Waals surface area contributed by atoms with Crippen molar-refractivity contribution in [2.75, 3.05) is 9.80 Å². The average Bonchev–Trinajstić information content (AvgIpc) is 3.27. The molecule has 2 nitrogen and oxygen atoms in total. The fourth-order valence-corrected chi connectivity index (χ4v) is 7.74. The first-order valence-corrected chi connectivity index (χ1v) is 20.8. The number of hydrogen-bond donors (Lipinski definition) is 0. The molecule has 0 saturated heterocycles. The monoisotopic (exact) mass is 776 g/mol. The molecule has 0 atom stereocenters. The molecule has 60 heavy (non-hydrogen) atoms. The summed E-state index contributed by atoms with van der Waals surface area (Å²) < 4.78 is 0. The molecular weight excluding hydrogens is 725 g/mol. The molecule has 0 unspecified atom stereocenters. The molecule has 0 bridgehead atoms. The van der Waals surface area contributed by atoms with Gasteiger partial charge in [0.1, 0.15) is 0 Å². The molecule has 0 amide bonds. The zero-order valence-corrected chi connectivity index (χ0v) is 35.5.